The zero-order valence-corrected chi connectivity index (χ0v) is 25.6. The van der Waals surface area contributed by atoms with Crippen LogP contribution in [0, 0.1) is 11.7 Å². The molecule has 12 heteroatoms. The molecule has 4 aromatic rings. The van der Waals surface area contributed by atoms with Crippen LogP contribution in [0.4, 0.5) is 4.39 Å². The van der Waals surface area contributed by atoms with Crippen molar-refractivity contribution in [3.8, 4) is 22.1 Å². The molecule has 2 aromatic heterocycles. The maximum atomic E-state index is 15.3. The van der Waals surface area contributed by atoms with E-state index in [9.17, 15) is 9.00 Å². The van der Waals surface area contributed by atoms with E-state index in [1.807, 2.05) is 28.9 Å². The van der Waals surface area contributed by atoms with Crippen LogP contribution in [-0.2, 0) is 32.8 Å². The van der Waals surface area contributed by atoms with E-state index in [2.05, 4.69) is 4.98 Å². The molecule has 9 nitrogen and oxygen atoms in total. The molecular formula is C31H35FN4O5S2. The van der Waals surface area contributed by atoms with Crippen LogP contribution in [-0.4, -0.2) is 38.9 Å². The average molecular weight is 627 g/mol. The van der Waals surface area contributed by atoms with E-state index < -0.39 is 22.8 Å². The first-order chi connectivity index (χ1) is 20.4. The lowest BCUT2D eigenvalue weighted by molar-refractivity contribution is 0.0520. The molecule has 2 saturated carbocycles. The lowest BCUT2D eigenvalue weighted by Gasteiger charge is -2.14. The predicted molar refractivity (Wildman–Crippen MR) is 163 cm³/mol. The van der Waals surface area contributed by atoms with Crippen LogP contribution >= 0.6 is 11.3 Å². The summed E-state index contributed by atoms with van der Waals surface area (Å²) in [5.74, 6) is 0.342. The second kappa shape index (κ2) is 13.5. The van der Waals surface area contributed by atoms with Crippen molar-refractivity contribution in [1.29, 1.82) is 0 Å². The summed E-state index contributed by atoms with van der Waals surface area (Å²) in [5.41, 5.74) is 4.09. The van der Waals surface area contributed by atoms with Gasteiger partial charge in [0.15, 0.2) is 21.6 Å². The van der Waals surface area contributed by atoms with Crippen molar-refractivity contribution in [3.63, 3.8) is 0 Å². The molecule has 1 atom stereocenters. The van der Waals surface area contributed by atoms with E-state index in [1.54, 1.807) is 24.4 Å². The maximum absolute atomic E-state index is 15.3. The van der Waals surface area contributed by atoms with Crippen molar-refractivity contribution in [2.75, 3.05) is 6.61 Å². The van der Waals surface area contributed by atoms with Gasteiger partial charge >= 0.3 is 5.97 Å². The number of carbonyl (C=O) groups is 1. The van der Waals surface area contributed by atoms with Gasteiger partial charge in [-0.2, -0.15) is 5.10 Å². The Kier molecular flexibility index (Phi) is 9.70. The molecule has 2 aliphatic carbocycles. The van der Waals surface area contributed by atoms with E-state index in [4.69, 9.17) is 19.7 Å². The highest BCUT2D eigenvalue weighted by Crippen LogP contribution is 2.39. The molecule has 2 aromatic carbocycles. The molecule has 0 amide bonds. The number of carbonyl (C=O) groups excluding carboxylic acids is 1. The second-order valence-corrected chi connectivity index (χ2v) is 12.9. The average Bonchev–Trinajstić information content (AvgIpc) is 3.32. The Morgan fingerprint density at radius 2 is 1.95 bits per heavy atom. The molecule has 3 N–H and O–H groups in total. The van der Waals surface area contributed by atoms with Crippen LogP contribution in [0.15, 0.2) is 52.7 Å². The van der Waals surface area contributed by atoms with Crippen LogP contribution in [0.25, 0.3) is 16.4 Å². The molecule has 6 rings (SSSR count). The molecule has 0 saturated heterocycles. The predicted octanol–water partition coefficient (Wildman–Crippen LogP) is 5.93. The number of hydrogen-bond acceptors (Lipinski definition) is 8. The number of hydrogen-bond donors (Lipinski definition) is 1. The Morgan fingerprint density at radius 3 is 2.65 bits per heavy atom. The van der Waals surface area contributed by atoms with Crippen LogP contribution in [0.5, 0.6) is 5.75 Å². The number of ether oxygens (including phenoxy) is 2. The zero-order valence-electron chi connectivity index (χ0n) is 23.9. The third kappa shape index (κ3) is 7.04. The topological polar surface area (TPSA) is 139 Å². The Bertz CT molecular complexity index is 1630. The number of esters is 1. The molecule has 2 fully saturated rings. The Hall–Kier alpha value is -3.45. The van der Waals surface area contributed by atoms with Gasteiger partial charge in [-0.25, -0.2) is 18.9 Å². The molecule has 228 valence electrons. The van der Waals surface area contributed by atoms with E-state index in [-0.39, 0.29) is 35.2 Å². The van der Waals surface area contributed by atoms with Gasteiger partial charge in [0.2, 0.25) is 5.13 Å². The normalized spacial score (nSPS) is 15.7. The Morgan fingerprint density at radius 1 is 1.16 bits per heavy atom. The minimum Gasteiger partial charge on any atom is -0.870 e. The quantitative estimate of drug-likeness (QED) is 0.124. The summed E-state index contributed by atoms with van der Waals surface area (Å²) in [6, 6.07) is 12.4. The highest BCUT2D eigenvalue weighted by Gasteiger charge is 2.30. The maximum Gasteiger partial charge on any atom is 0.357 e. The lowest BCUT2D eigenvalue weighted by atomic mass is 9.96. The fourth-order valence-electron chi connectivity index (χ4n) is 5.45. The molecule has 2 heterocycles. The number of aromatic nitrogens is 3. The Balaban J connectivity index is 0.00000368. The molecule has 2 aliphatic rings. The molecular weight excluding hydrogens is 591 g/mol. The van der Waals surface area contributed by atoms with E-state index >= 15 is 4.39 Å². The third-order valence-electron chi connectivity index (χ3n) is 7.80. The largest absolute Gasteiger partial charge is 0.870 e. The number of halogens is 1. The van der Waals surface area contributed by atoms with Crippen molar-refractivity contribution in [2.24, 2.45) is 11.1 Å². The molecule has 0 bridgehead atoms. The van der Waals surface area contributed by atoms with Gasteiger partial charge in [-0.15, -0.1) is 16.5 Å². The first kappa shape index (κ1) is 31.0. The minimum atomic E-state index is -2.14. The van der Waals surface area contributed by atoms with E-state index in [0.29, 0.717) is 22.3 Å². The van der Waals surface area contributed by atoms with Crippen molar-refractivity contribution in [1.82, 2.24) is 14.8 Å². The van der Waals surface area contributed by atoms with Gasteiger partial charge in [0.25, 0.3) is 0 Å². The number of nitrogens with zero attached hydrogens (tertiary/aromatic N) is 3. The van der Waals surface area contributed by atoms with Gasteiger partial charge in [-0.3, -0.25) is 0 Å². The van der Waals surface area contributed by atoms with Crippen LogP contribution in [0.1, 0.15) is 72.8 Å². The zero-order chi connectivity index (χ0) is 29.2. The lowest BCUT2D eigenvalue weighted by Crippen LogP contribution is -2.10. The summed E-state index contributed by atoms with van der Waals surface area (Å²) in [4.78, 5) is 17.2. The van der Waals surface area contributed by atoms with Crippen LogP contribution in [0.3, 0.4) is 0 Å². The van der Waals surface area contributed by atoms with Crippen molar-refractivity contribution >= 4 is 28.3 Å². The van der Waals surface area contributed by atoms with Crippen molar-refractivity contribution in [2.45, 2.75) is 69.3 Å². The highest BCUT2D eigenvalue weighted by molar-refractivity contribution is 7.82. The Labute approximate surface area is 256 Å². The highest BCUT2D eigenvalue weighted by atomic mass is 32.2. The first-order valence-corrected chi connectivity index (χ1v) is 16.6. The van der Waals surface area contributed by atoms with Gasteiger partial charge in [0, 0.05) is 29.0 Å². The summed E-state index contributed by atoms with van der Waals surface area (Å²) in [5, 5.41) is 12.8. The minimum absolute atomic E-state index is 0. The molecule has 0 aliphatic heterocycles. The fraction of sp³-hybridized carbons (Fsp3) is 0.387. The summed E-state index contributed by atoms with van der Waals surface area (Å²) in [6.45, 7) is 2.02. The van der Waals surface area contributed by atoms with Gasteiger partial charge in [-0.1, -0.05) is 22.4 Å². The van der Waals surface area contributed by atoms with Gasteiger partial charge < -0.3 is 14.9 Å². The standard InChI is InChI=1S/C31H33FN4O4S2.H2O/c1-2-39-30(37)27-18-41-31(34-27)36-28(14-19-10-11-19)25(16-20-12-13-24(42(33)38)17-26(20)32)29(35-36)21-6-5-9-23(15-21)40-22-7-3-4-8-22;/h5-6,9,12-13,15,17-19,22H,2-4,7-8,10-11,14,16H2,1H3,(H2,33,38);1H2. The summed E-state index contributed by atoms with van der Waals surface area (Å²) >= 11 is 1.32. The van der Waals surface area contributed by atoms with Crippen LogP contribution in [0.2, 0.25) is 0 Å². The van der Waals surface area contributed by atoms with Crippen molar-refractivity contribution < 1.29 is 28.3 Å². The van der Waals surface area contributed by atoms with E-state index in [0.717, 1.165) is 54.7 Å². The number of rotatable bonds is 11. The first-order valence-electron chi connectivity index (χ1n) is 14.4. The fourth-order valence-corrected chi connectivity index (χ4v) is 6.68. The van der Waals surface area contributed by atoms with Crippen LogP contribution < -0.4 is 9.88 Å². The van der Waals surface area contributed by atoms with Gasteiger partial charge in [0.05, 0.1) is 24.1 Å². The smallest absolute Gasteiger partial charge is 0.357 e. The second-order valence-electron chi connectivity index (χ2n) is 10.9. The monoisotopic (exact) mass is 626 g/mol. The van der Waals surface area contributed by atoms with Gasteiger partial charge in [0.1, 0.15) is 11.6 Å². The summed E-state index contributed by atoms with van der Waals surface area (Å²) < 4.78 is 40.4. The molecule has 0 radical (unpaired) electrons. The van der Waals surface area contributed by atoms with Crippen molar-refractivity contribution in [3.05, 3.63) is 76.2 Å². The SMILES string of the molecule is CCOC(=O)c1csc(-n2nc(-c3cccc(OC4CCCC4)c3)c(Cc3ccc([SH+](N)=O)cc3F)c2CC2CC2)n1.[OH-]. The van der Waals surface area contributed by atoms with Gasteiger partial charge in [-0.05, 0) is 81.5 Å². The number of nitrogens with two attached hydrogens (primary N) is 1. The van der Waals surface area contributed by atoms with E-state index in [1.165, 1.54) is 30.2 Å². The molecule has 0 spiro atoms. The number of benzene rings is 2. The summed E-state index contributed by atoms with van der Waals surface area (Å²) in [6.07, 6.45) is 7.91. The number of thiazole rings is 1. The number of thiol groups is 1. The third-order valence-corrected chi connectivity index (χ3v) is 9.40. The molecule has 43 heavy (non-hydrogen) atoms. The molecule has 1 unspecified atom stereocenters. The summed E-state index contributed by atoms with van der Waals surface area (Å²) in [7, 11) is -2.14.